The molecule has 2 amide bonds. The summed E-state index contributed by atoms with van der Waals surface area (Å²) in [4.78, 5) is 24.1. The van der Waals surface area contributed by atoms with Crippen LogP contribution in [0.1, 0.15) is 24.0 Å². The van der Waals surface area contributed by atoms with Crippen LogP contribution in [-0.4, -0.2) is 41.0 Å². The van der Waals surface area contributed by atoms with E-state index < -0.39 is 16.6 Å². The van der Waals surface area contributed by atoms with Crippen LogP contribution in [0.15, 0.2) is 48.5 Å². The number of halogens is 1. The molecular weight excluding hydrogens is 407 g/mol. The van der Waals surface area contributed by atoms with Gasteiger partial charge in [-0.05, 0) is 48.2 Å². The van der Waals surface area contributed by atoms with Crippen LogP contribution in [0.5, 0.6) is 0 Å². The summed E-state index contributed by atoms with van der Waals surface area (Å²) in [5.41, 5.74) is 2.01. The fourth-order valence-corrected chi connectivity index (χ4v) is 4.70. The van der Waals surface area contributed by atoms with Crippen molar-refractivity contribution in [3.63, 3.8) is 0 Å². The molecule has 1 saturated heterocycles. The molecular formula is C22H25FN2O4S. The molecule has 1 atom stereocenters. The van der Waals surface area contributed by atoms with E-state index in [-0.39, 0.29) is 30.0 Å². The molecule has 1 aliphatic heterocycles. The molecule has 0 radical (unpaired) electrons. The van der Waals surface area contributed by atoms with Crippen LogP contribution in [0.25, 0.3) is 0 Å². The van der Waals surface area contributed by atoms with Crippen molar-refractivity contribution in [3.8, 4) is 0 Å². The predicted octanol–water partition coefficient (Wildman–Crippen LogP) is 2.55. The van der Waals surface area contributed by atoms with Crippen molar-refractivity contribution in [1.82, 2.24) is 5.32 Å². The minimum atomic E-state index is -0.986. The SMILES string of the molecule is O=C(Cc1cccc(F)c1)NCC(=O)Nc1cccc(CS(=O)C2CCOCC2)c1. The summed E-state index contributed by atoms with van der Waals surface area (Å²) in [7, 11) is -0.986. The Balaban J connectivity index is 1.46. The van der Waals surface area contributed by atoms with Crippen molar-refractivity contribution < 1.29 is 22.9 Å². The zero-order valence-corrected chi connectivity index (χ0v) is 17.4. The van der Waals surface area contributed by atoms with E-state index in [9.17, 15) is 18.2 Å². The quantitative estimate of drug-likeness (QED) is 0.672. The molecule has 30 heavy (non-hydrogen) atoms. The Bertz CT molecular complexity index is 916. The third-order valence-corrected chi connectivity index (χ3v) is 6.59. The second-order valence-corrected chi connectivity index (χ2v) is 8.89. The van der Waals surface area contributed by atoms with Gasteiger partial charge >= 0.3 is 0 Å². The van der Waals surface area contributed by atoms with Crippen LogP contribution in [0.2, 0.25) is 0 Å². The first kappa shape index (κ1) is 22.1. The number of rotatable bonds is 8. The smallest absolute Gasteiger partial charge is 0.243 e. The number of anilines is 1. The Morgan fingerprint density at radius 1 is 1.03 bits per heavy atom. The van der Waals surface area contributed by atoms with Gasteiger partial charge < -0.3 is 15.4 Å². The fourth-order valence-electron chi connectivity index (χ4n) is 3.24. The molecule has 0 aliphatic carbocycles. The van der Waals surface area contributed by atoms with Crippen LogP contribution in [-0.2, 0) is 37.3 Å². The van der Waals surface area contributed by atoms with Crippen LogP contribution in [0, 0.1) is 5.82 Å². The van der Waals surface area contributed by atoms with Crippen LogP contribution < -0.4 is 10.6 Å². The molecule has 2 aromatic carbocycles. The number of amides is 2. The zero-order chi connectivity index (χ0) is 21.3. The summed E-state index contributed by atoms with van der Waals surface area (Å²) in [5, 5.41) is 5.40. The molecule has 3 rings (SSSR count). The Kier molecular flexibility index (Phi) is 8.10. The van der Waals surface area contributed by atoms with Crippen LogP contribution >= 0.6 is 0 Å². The number of hydrogen-bond donors (Lipinski definition) is 2. The fraction of sp³-hybridized carbons (Fsp3) is 0.364. The third kappa shape index (κ3) is 7.03. The highest BCUT2D eigenvalue weighted by atomic mass is 32.2. The molecule has 0 saturated carbocycles. The standard InChI is InChI=1S/C22H25FN2O4S/c23-18-5-1-3-16(11-18)13-21(26)24-14-22(27)25-19-6-2-4-17(12-19)15-30(28)20-7-9-29-10-8-20/h1-6,11-12,20H,7-10,13-15H2,(H,24,26)(H,25,27). The molecule has 6 nitrogen and oxygen atoms in total. The van der Waals surface area contributed by atoms with E-state index in [0.717, 1.165) is 18.4 Å². The Morgan fingerprint density at radius 2 is 1.77 bits per heavy atom. The van der Waals surface area contributed by atoms with Crippen molar-refractivity contribution in [3.05, 3.63) is 65.5 Å². The highest BCUT2D eigenvalue weighted by Gasteiger charge is 2.20. The van der Waals surface area contributed by atoms with E-state index in [2.05, 4.69) is 10.6 Å². The van der Waals surface area contributed by atoms with E-state index in [4.69, 9.17) is 4.74 Å². The normalized spacial score (nSPS) is 15.4. The topological polar surface area (TPSA) is 84.5 Å². The largest absolute Gasteiger partial charge is 0.381 e. The Morgan fingerprint density at radius 3 is 2.53 bits per heavy atom. The Labute approximate surface area is 177 Å². The zero-order valence-electron chi connectivity index (χ0n) is 16.6. The predicted molar refractivity (Wildman–Crippen MR) is 114 cm³/mol. The van der Waals surface area contributed by atoms with E-state index in [1.165, 1.54) is 18.2 Å². The maximum Gasteiger partial charge on any atom is 0.243 e. The van der Waals surface area contributed by atoms with Gasteiger partial charge in [-0.2, -0.15) is 0 Å². The number of nitrogens with one attached hydrogen (secondary N) is 2. The first-order valence-electron chi connectivity index (χ1n) is 9.84. The molecule has 2 N–H and O–H groups in total. The number of hydrogen-bond acceptors (Lipinski definition) is 4. The van der Waals surface area contributed by atoms with Crippen LogP contribution in [0.4, 0.5) is 10.1 Å². The highest BCUT2D eigenvalue weighted by Crippen LogP contribution is 2.18. The van der Waals surface area contributed by atoms with Crippen molar-refractivity contribution in [2.75, 3.05) is 25.1 Å². The van der Waals surface area contributed by atoms with Gasteiger partial charge in [0.1, 0.15) is 5.82 Å². The van der Waals surface area contributed by atoms with Gasteiger partial charge in [-0.15, -0.1) is 0 Å². The maximum atomic E-state index is 13.2. The average Bonchev–Trinajstić information content (AvgIpc) is 2.73. The number of carbonyl (C=O) groups excluding carboxylic acids is 2. The van der Waals surface area contributed by atoms with Crippen molar-refractivity contribution in [1.29, 1.82) is 0 Å². The molecule has 1 heterocycles. The molecule has 8 heteroatoms. The van der Waals surface area contributed by atoms with Gasteiger partial charge in [0.25, 0.3) is 0 Å². The summed E-state index contributed by atoms with van der Waals surface area (Å²) in [6.07, 6.45) is 1.61. The number of carbonyl (C=O) groups is 2. The molecule has 0 spiro atoms. The van der Waals surface area contributed by atoms with E-state index in [1.54, 1.807) is 24.3 Å². The summed E-state index contributed by atoms with van der Waals surface area (Å²) in [6.45, 7) is 1.11. The molecule has 0 bridgehead atoms. The van der Waals surface area contributed by atoms with E-state index >= 15 is 0 Å². The van der Waals surface area contributed by atoms with E-state index in [0.29, 0.717) is 30.2 Å². The molecule has 160 valence electrons. The van der Waals surface area contributed by atoms with Gasteiger partial charge in [-0.3, -0.25) is 13.8 Å². The molecule has 1 fully saturated rings. The van der Waals surface area contributed by atoms with Crippen LogP contribution in [0.3, 0.4) is 0 Å². The summed E-state index contributed by atoms with van der Waals surface area (Å²) in [6, 6.07) is 13.0. The van der Waals surface area contributed by atoms with Crippen molar-refractivity contribution >= 4 is 28.3 Å². The molecule has 1 aliphatic rings. The lowest BCUT2D eigenvalue weighted by Gasteiger charge is -2.21. The minimum Gasteiger partial charge on any atom is -0.381 e. The van der Waals surface area contributed by atoms with Gasteiger partial charge in [-0.1, -0.05) is 24.3 Å². The first-order valence-corrected chi connectivity index (χ1v) is 11.2. The van der Waals surface area contributed by atoms with Gasteiger partial charge in [0.15, 0.2) is 0 Å². The lowest BCUT2D eigenvalue weighted by molar-refractivity contribution is -0.123. The van der Waals surface area contributed by atoms with E-state index in [1.807, 2.05) is 6.07 Å². The molecule has 2 aromatic rings. The van der Waals surface area contributed by atoms with Crippen molar-refractivity contribution in [2.24, 2.45) is 0 Å². The highest BCUT2D eigenvalue weighted by molar-refractivity contribution is 7.84. The third-order valence-electron chi connectivity index (χ3n) is 4.76. The van der Waals surface area contributed by atoms with Gasteiger partial charge in [0.2, 0.25) is 11.8 Å². The van der Waals surface area contributed by atoms with Gasteiger partial charge in [0.05, 0.1) is 13.0 Å². The number of ether oxygens (including phenoxy) is 1. The second kappa shape index (κ2) is 11.0. The lowest BCUT2D eigenvalue weighted by Crippen LogP contribution is -2.33. The Hall–Kier alpha value is -2.58. The summed E-state index contributed by atoms with van der Waals surface area (Å²) >= 11 is 0. The average molecular weight is 433 g/mol. The lowest BCUT2D eigenvalue weighted by atomic mass is 10.1. The monoisotopic (exact) mass is 432 g/mol. The number of benzene rings is 2. The van der Waals surface area contributed by atoms with Gasteiger partial charge in [0, 0.05) is 40.7 Å². The van der Waals surface area contributed by atoms with Crippen molar-refractivity contribution in [2.45, 2.75) is 30.3 Å². The maximum absolute atomic E-state index is 13.2. The minimum absolute atomic E-state index is 0.00144. The first-order chi connectivity index (χ1) is 14.5. The van der Waals surface area contributed by atoms with Gasteiger partial charge in [-0.25, -0.2) is 4.39 Å². The molecule has 0 aromatic heterocycles. The summed E-state index contributed by atoms with van der Waals surface area (Å²) in [5.74, 6) is -0.712. The second-order valence-electron chi connectivity index (χ2n) is 7.17. The molecule has 1 unspecified atom stereocenters. The summed E-state index contributed by atoms with van der Waals surface area (Å²) < 4.78 is 31.0.